The molecule has 2 rings (SSSR count). The summed E-state index contributed by atoms with van der Waals surface area (Å²) >= 11 is 7.19. The number of halogens is 1. The lowest BCUT2D eigenvalue weighted by molar-refractivity contribution is -0.136. The molecule has 96 valence electrons. The molecule has 2 amide bonds. The third-order valence-corrected chi connectivity index (χ3v) is 3.30. The molecule has 0 aliphatic carbocycles. The highest BCUT2D eigenvalue weighted by atomic mass is 35.5. The van der Waals surface area contributed by atoms with E-state index in [-0.39, 0.29) is 18.2 Å². The van der Waals surface area contributed by atoms with Crippen LogP contribution in [0, 0.1) is 0 Å². The number of aromatic nitrogens is 2. The number of nitrogens with one attached hydrogen (secondary N) is 1. The third kappa shape index (κ3) is 2.56. The molecule has 0 aromatic carbocycles. The van der Waals surface area contributed by atoms with Gasteiger partial charge in [-0.15, -0.1) is 0 Å². The lowest BCUT2D eigenvalue weighted by Gasteiger charge is -2.12. The number of anilines is 1. The molecule has 18 heavy (non-hydrogen) atoms. The highest BCUT2D eigenvalue weighted by Crippen LogP contribution is 2.20. The number of rotatable bonds is 3. The van der Waals surface area contributed by atoms with Crippen LogP contribution in [0.2, 0.25) is 5.15 Å². The fraction of sp³-hybridized carbons (Fsp3) is 0.400. The predicted molar refractivity (Wildman–Crippen MR) is 68.6 cm³/mol. The van der Waals surface area contributed by atoms with Gasteiger partial charge < -0.3 is 5.32 Å². The quantitative estimate of drug-likeness (QED) is 0.387. The Hall–Kier alpha value is -1.34. The second kappa shape index (κ2) is 5.11. The number of hydrogen-bond donors (Lipinski definition) is 1. The first-order valence-electron chi connectivity index (χ1n) is 5.16. The summed E-state index contributed by atoms with van der Waals surface area (Å²) in [4.78, 5) is 32.4. The molecule has 6 nitrogen and oxygen atoms in total. The average molecular weight is 287 g/mol. The molecule has 1 N–H and O–H groups in total. The lowest BCUT2D eigenvalue weighted by Crippen LogP contribution is -2.32. The van der Waals surface area contributed by atoms with Crippen molar-refractivity contribution < 1.29 is 9.59 Å². The van der Waals surface area contributed by atoms with Gasteiger partial charge in [-0.3, -0.25) is 14.5 Å². The van der Waals surface area contributed by atoms with Gasteiger partial charge in [-0.05, 0) is 6.26 Å². The number of imide groups is 1. The van der Waals surface area contributed by atoms with Crippen molar-refractivity contribution in [3.8, 4) is 0 Å². The van der Waals surface area contributed by atoms with Gasteiger partial charge in [0.25, 0.3) is 5.91 Å². The number of thioether (sulfide) groups is 1. The largest absolute Gasteiger partial charge is 0.358 e. The number of likely N-dealkylation sites (N-methyl/N-ethyl adjacent to an activating group) is 1. The first-order chi connectivity index (χ1) is 8.51. The standard InChI is InChI=1S/C10H11ClN4O2S/c1-15-8(16)3-5(9(15)17)12-7-4-6(11)13-10(14-7)18-2/h4-5H,3H2,1-2H3,(H,12,13,14). The van der Waals surface area contributed by atoms with Crippen LogP contribution in [-0.2, 0) is 9.59 Å². The lowest BCUT2D eigenvalue weighted by atomic mass is 10.2. The van der Waals surface area contributed by atoms with E-state index in [1.165, 1.54) is 24.9 Å². The number of hydrogen-bond acceptors (Lipinski definition) is 6. The van der Waals surface area contributed by atoms with Crippen molar-refractivity contribution >= 4 is 41.0 Å². The van der Waals surface area contributed by atoms with Gasteiger partial charge in [0.2, 0.25) is 5.91 Å². The first kappa shape index (κ1) is 13.1. The number of carbonyl (C=O) groups is 2. The monoisotopic (exact) mass is 286 g/mol. The minimum Gasteiger partial charge on any atom is -0.358 e. The molecular formula is C10H11ClN4O2S. The zero-order valence-corrected chi connectivity index (χ0v) is 11.4. The van der Waals surface area contributed by atoms with E-state index in [0.717, 1.165) is 4.90 Å². The van der Waals surface area contributed by atoms with Crippen LogP contribution in [0.1, 0.15) is 6.42 Å². The topological polar surface area (TPSA) is 75.2 Å². The summed E-state index contributed by atoms with van der Waals surface area (Å²) in [6.07, 6.45) is 1.96. The van der Waals surface area contributed by atoms with Crippen LogP contribution in [0.25, 0.3) is 0 Å². The van der Waals surface area contributed by atoms with E-state index < -0.39 is 6.04 Å². The Kier molecular flexibility index (Phi) is 3.72. The molecule has 1 unspecified atom stereocenters. The number of amides is 2. The Balaban J connectivity index is 2.17. The molecule has 1 atom stereocenters. The fourth-order valence-corrected chi connectivity index (χ4v) is 2.22. The maximum Gasteiger partial charge on any atom is 0.251 e. The minimum atomic E-state index is -0.580. The second-order valence-electron chi connectivity index (χ2n) is 3.75. The van der Waals surface area contributed by atoms with Crippen LogP contribution in [0.3, 0.4) is 0 Å². The van der Waals surface area contributed by atoms with Crippen LogP contribution in [0.5, 0.6) is 0 Å². The molecule has 8 heteroatoms. The Morgan fingerprint density at radius 1 is 1.50 bits per heavy atom. The van der Waals surface area contributed by atoms with Crippen LogP contribution in [0.15, 0.2) is 11.2 Å². The highest BCUT2D eigenvalue weighted by Gasteiger charge is 2.36. The predicted octanol–water partition coefficient (Wildman–Crippen LogP) is 1.02. The van der Waals surface area contributed by atoms with E-state index in [1.807, 2.05) is 6.26 Å². The zero-order chi connectivity index (χ0) is 13.3. The van der Waals surface area contributed by atoms with Crippen molar-refractivity contribution in [3.05, 3.63) is 11.2 Å². The average Bonchev–Trinajstić information content (AvgIpc) is 2.56. The Labute approximate surface area is 113 Å². The smallest absolute Gasteiger partial charge is 0.251 e. The number of likely N-dealkylation sites (tertiary alicyclic amines) is 1. The Morgan fingerprint density at radius 3 is 2.78 bits per heavy atom. The van der Waals surface area contributed by atoms with Gasteiger partial charge in [-0.25, -0.2) is 9.97 Å². The van der Waals surface area contributed by atoms with E-state index in [9.17, 15) is 9.59 Å². The number of nitrogens with zero attached hydrogens (tertiary/aromatic N) is 3. The van der Waals surface area contributed by atoms with E-state index in [0.29, 0.717) is 16.1 Å². The first-order valence-corrected chi connectivity index (χ1v) is 6.77. The van der Waals surface area contributed by atoms with Crippen molar-refractivity contribution in [2.75, 3.05) is 18.6 Å². The normalized spacial score (nSPS) is 19.5. The van der Waals surface area contributed by atoms with Crippen LogP contribution < -0.4 is 5.32 Å². The molecule has 1 aliphatic rings. The summed E-state index contributed by atoms with van der Waals surface area (Å²) < 4.78 is 0. The van der Waals surface area contributed by atoms with Crippen molar-refractivity contribution in [1.29, 1.82) is 0 Å². The van der Waals surface area contributed by atoms with Crippen molar-refractivity contribution in [3.63, 3.8) is 0 Å². The molecule has 1 aromatic rings. The molecule has 0 spiro atoms. The molecule has 1 saturated heterocycles. The van der Waals surface area contributed by atoms with E-state index in [4.69, 9.17) is 11.6 Å². The summed E-state index contributed by atoms with van der Waals surface area (Å²) in [5, 5.41) is 3.71. The summed E-state index contributed by atoms with van der Waals surface area (Å²) in [5.41, 5.74) is 0. The fourth-order valence-electron chi connectivity index (χ4n) is 1.61. The molecule has 2 heterocycles. The van der Waals surface area contributed by atoms with Gasteiger partial charge >= 0.3 is 0 Å². The molecule has 1 aromatic heterocycles. The van der Waals surface area contributed by atoms with Crippen molar-refractivity contribution in [2.24, 2.45) is 0 Å². The van der Waals surface area contributed by atoms with Gasteiger partial charge in [-0.2, -0.15) is 0 Å². The maximum atomic E-state index is 11.7. The van der Waals surface area contributed by atoms with E-state index >= 15 is 0 Å². The summed E-state index contributed by atoms with van der Waals surface area (Å²) in [6.45, 7) is 0. The Morgan fingerprint density at radius 2 is 2.22 bits per heavy atom. The summed E-state index contributed by atoms with van der Waals surface area (Å²) in [7, 11) is 1.46. The van der Waals surface area contributed by atoms with Crippen LogP contribution in [-0.4, -0.2) is 46.0 Å². The Bertz CT molecular complexity index is 511. The van der Waals surface area contributed by atoms with Gasteiger partial charge in [0.05, 0.1) is 6.42 Å². The third-order valence-electron chi connectivity index (χ3n) is 2.56. The molecule has 1 aliphatic heterocycles. The summed E-state index contributed by atoms with van der Waals surface area (Å²) in [6, 6.07) is 0.945. The second-order valence-corrected chi connectivity index (χ2v) is 4.92. The molecule has 0 radical (unpaired) electrons. The van der Waals surface area contributed by atoms with Crippen molar-refractivity contribution in [1.82, 2.24) is 14.9 Å². The zero-order valence-electron chi connectivity index (χ0n) is 9.81. The minimum absolute atomic E-state index is 0.131. The highest BCUT2D eigenvalue weighted by molar-refractivity contribution is 7.98. The molecule has 0 bridgehead atoms. The number of carbonyl (C=O) groups excluding carboxylic acids is 2. The molecule has 1 fully saturated rings. The SMILES string of the molecule is CSc1nc(Cl)cc(NC2CC(=O)N(C)C2=O)n1. The van der Waals surface area contributed by atoms with E-state index in [2.05, 4.69) is 15.3 Å². The van der Waals surface area contributed by atoms with Gasteiger partial charge in [0.15, 0.2) is 5.16 Å². The van der Waals surface area contributed by atoms with Gasteiger partial charge in [0.1, 0.15) is 17.0 Å². The van der Waals surface area contributed by atoms with Gasteiger partial charge in [-0.1, -0.05) is 23.4 Å². The van der Waals surface area contributed by atoms with Gasteiger partial charge in [0, 0.05) is 13.1 Å². The van der Waals surface area contributed by atoms with Crippen LogP contribution in [0.4, 0.5) is 5.82 Å². The summed E-state index contributed by atoms with van der Waals surface area (Å²) in [5.74, 6) is -0.0241. The molecular weight excluding hydrogens is 276 g/mol. The maximum absolute atomic E-state index is 11.7. The van der Waals surface area contributed by atoms with Crippen LogP contribution >= 0.6 is 23.4 Å². The van der Waals surface area contributed by atoms with E-state index in [1.54, 1.807) is 0 Å². The molecule has 0 saturated carbocycles. The van der Waals surface area contributed by atoms with Crippen molar-refractivity contribution in [2.45, 2.75) is 17.6 Å².